The zero-order valence-corrected chi connectivity index (χ0v) is 19.4. The molecule has 1 heterocycles. The number of nitrogens with zero attached hydrogens (tertiary/aromatic N) is 2. The van der Waals surface area contributed by atoms with Crippen molar-refractivity contribution in [1.82, 2.24) is 14.5 Å². The summed E-state index contributed by atoms with van der Waals surface area (Å²) in [4.78, 5) is 23.4. The number of carbonyl (C=O) groups excluding carboxylic acids is 1. The molecule has 9 nitrogen and oxygen atoms in total. The summed E-state index contributed by atoms with van der Waals surface area (Å²) >= 11 is 0. The van der Waals surface area contributed by atoms with Gasteiger partial charge in [0.2, 0.25) is 10.0 Å². The number of halogens is 3. The Hall–Kier alpha value is -2.22. The Morgan fingerprint density at radius 1 is 1.18 bits per heavy atom. The summed E-state index contributed by atoms with van der Waals surface area (Å²) in [7, 11) is -1.75. The maximum atomic E-state index is 12.9. The number of benzene rings is 1. The molecule has 0 unspecified atom stereocenters. The number of nitrogens with one attached hydrogen (secondary N) is 1. The van der Waals surface area contributed by atoms with Crippen LogP contribution in [0.4, 0.5) is 13.2 Å². The van der Waals surface area contributed by atoms with E-state index in [-0.39, 0.29) is 18.2 Å². The maximum absolute atomic E-state index is 12.9. The van der Waals surface area contributed by atoms with E-state index < -0.39 is 22.2 Å². The van der Waals surface area contributed by atoms with Crippen LogP contribution in [0, 0.1) is 6.92 Å². The molecule has 0 atom stereocenters. The number of rotatable bonds is 9. The summed E-state index contributed by atoms with van der Waals surface area (Å²) in [5.41, 5.74) is 1.50. The van der Waals surface area contributed by atoms with Crippen molar-refractivity contribution in [2.75, 3.05) is 58.7 Å². The molecule has 0 aliphatic carbocycles. The highest BCUT2D eigenvalue weighted by atomic mass is 32.2. The smallest absolute Gasteiger partial charge is 0.475 e. The number of hydrogen-bond acceptors (Lipinski definition) is 6. The van der Waals surface area contributed by atoms with Gasteiger partial charge in [0.05, 0.1) is 5.75 Å². The Morgan fingerprint density at radius 2 is 1.76 bits per heavy atom. The van der Waals surface area contributed by atoms with Crippen LogP contribution in [0.1, 0.15) is 22.3 Å². The average molecular weight is 498 g/mol. The highest BCUT2D eigenvalue weighted by molar-refractivity contribution is 7.89. The fourth-order valence-corrected chi connectivity index (χ4v) is 4.42. The van der Waals surface area contributed by atoms with Crippen LogP contribution < -0.4 is 5.32 Å². The molecule has 1 aromatic rings. The highest BCUT2D eigenvalue weighted by Crippen LogP contribution is 2.13. The zero-order chi connectivity index (χ0) is 25.1. The van der Waals surface area contributed by atoms with Gasteiger partial charge in [-0.15, -0.1) is 0 Å². The lowest BCUT2D eigenvalue weighted by Gasteiger charge is -2.29. The molecule has 1 aliphatic heterocycles. The third-order valence-corrected chi connectivity index (χ3v) is 6.62. The molecule has 2 N–H and O–H groups in total. The molecular weight excluding hydrogens is 467 g/mol. The van der Waals surface area contributed by atoms with Crippen LogP contribution in [-0.2, 0) is 19.6 Å². The van der Waals surface area contributed by atoms with E-state index in [0.717, 1.165) is 5.56 Å². The number of aryl methyl sites for hydroxylation is 1. The van der Waals surface area contributed by atoms with Crippen molar-refractivity contribution in [3.05, 3.63) is 35.4 Å². The molecule has 1 aliphatic rings. The molecule has 13 heteroatoms. The Bertz CT molecular complexity index is 874. The minimum atomic E-state index is -5.08. The third kappa shape index (κ3) is 10.1. The number of ether oxygens (including phenoxy) is 1. The third-order valence-electron chi connectivity index (χ3n) is 4.77. The van der Waals surface area contributed by atoms with E-state index in [0.29, 0.717) is 51.3 Å². The number of carboxylic acid groups (broad SMARTS) is 1. The normalized spacial score (nSPS) is 14.8. The second-order valence-electron chi connectivity index (χ2n) is 7.22. The number of piperazine rings is 1. The Morgan fingerprint density at radius 3 is 2.27 bits per heavy atom. The van der Waals surface area contributed by atoms with Crippen molar-refractivity contribution in [3.63, 3.8) is 0 Å². The fraction of sp³-hybridized carbons (Fsp3) is 0.600. The summed E-state index contributed by atoms with van der Waals surface area (Å²) < 4.78 is 63.5. The molecule has 1 aromatic carbocycles. The standard InChI is InChI=1S/C18H29N3O4S.C2HF3O2/c1-16-6-3-4-7-17(16)18(22)20(10-5-14-25-2)13-15-26(23,24)21-11-8-19-9-12-21;3-2(4,5)1(6)7/h3-4,6-7,19H,5,8-15H2,1-2H3;(H,6,7). The van der Waals surface area contributed by atoms with E-state index in [9.17, 15) is 26.4 Å². The van der Waals surface area contributed by atoms with Gasteiger partial charge >= 0.3 is 12.1 Å². The van der Waals surface area contributed by atoms with Gasteiger partial charge in [-0.1, -0.05) is 18.2 Å². The second kappa shape index (κ2) is 13.5. The summed E-state index contributed by atoms with van der Waals surface area (Å²) in [6.45, 7) is 5.37. The van der Waals surface area contributed by atoms with Gasteiger partial charge in [0.1, 0.15) is 0 Å². The number of aliphatic carboxylic acids is 1. The number of methoxy groups -OCH3 is 1. The van der Waals surface area contributed by atoms with Crippen molar-refractivity contribution < 1.29 is 41.0 Å². The van der Waals surface area contributed by atoms with Crippen molar-refractivity contribution in [3.8, 4) is 0 Å². The van der Waals surface area contributed by atoms with E-state index in [4.69, 9.17) is 14.6 Å². The monoisotopic (exact) mass is 497 g/mol. The topological polar surface area (TPSA) is 116 Å². The van der Waals surface area contributed by atoms with Crippen molar-refractivity contribution >= 4 is 21.9 Å². The largest absolute Gasteiger partial charge is 0.490 e. The number of carboxylic acids is 1. The lowest BCUT2D eigenvalue weighted by atomic mass is 10.1. The Balaban J connectivity index is 0.000000675. The van der Waals surface area contributed by atoms with Crippen molar-refractivity contribution in [2.45, 2.75) is 19.5 Å². The predicted molar refractivity (Wildman–Crippen MR) is 115 cm³/mol. The summed E-state index contributed by atoms with van der Waals surface area (Å²) in [5.74, 6) is -2.94. The first-order valence-electron chi connectivity index (χ1n) is 10.2. The zero-order valence-electron chi connectivity index (χ0n) is 18.6. The second-order valence-corrected chi connectivity index (χ2v) is 9.31. The SMILES string of the molecule is COCCCN(CCS(=O)(=O)N1CCNCC1)C(=O)c1ccccc1C.O=C(O)C(F)(F)F. The number of alkyl halides is 3. The fourth-order valence-electron chi connectivity index (χ4n) is 2.97. The number of amides is 1. The van der Waals surface area contributed by atoms with Crippen LogP contribution in [0.5, 0.6) is 0 Å². The molecule has 188 valence electrons. The molecule has 1 amide bonds. The first-order valence-corrected chi connectivity index (χ1v) is 11.8. The maximum Gasteiger partial charge on any atom is 0.490 e. The lowest BCUT2D eigenvalue weighted by Crippen LogP contribution is -2.48. The number of carbonyl (C=O) groups is 2. The van der Waals surface area contributed by atoms with Gasteiger partial charge in [0.25, 0.3) is 5.91 Å². The summed E-state index contributed by atoms with van der Waals surface area (Å²) in [6, 6.07) is 7.38. The quantitative estimate of drug-likeness (QED) is 0.495. The number of sulfonamides is 1. The summed E-state index contributed by atoms with van der Waals surface area (Å²) in [5, 5.41) is 10.3. The van der Waals surface area contributed by atoms with Crippen molar-refractivity contribution in [2.24, 2.45) is 0 Å². The first kappa shape index (κ1) is 28.8. The molecule has 33 heavy (non-hydrogen) atoms. The molecule has 0 spiro atoms. The highest BCUT2D eigenvalue weighted by Gasteiger charge is 2.38. The van der Waals surface area contributed by atoms with Crippen LogP contribution in [0.3, 0.4) is 0 Å². The van der Waals surface area contributed by atoms with Gasteiger partial charge in [-0.05, 0) is 25.0 Å². The van der Waals surface area contributed by atoms with E-state index in [2.05, 4.69) is 5.32 Å². The van der Waals surface area contributed by atoms with Crippen LogP contribution in [0.15, 0.2) is 24.3 Å². The van der Waals surface area contributed by atoms with E-state index in [1.54, 1.807) is 18.1 Å². The predicted octanol–water partition coefficient (Wildman–Crippen LogP) is 1.34. The Labute approximate surface area is 191 Å². The minimum Gasteiger partial charge on any atom is -0.475 e. The number of hydrogen-bond donors (Lipinski definition) is 2. The van der Waals surface area contributed by atoms with E-state index in [1.807, 2.05) is 25.1 Å². The molecule has 1 saturated heterocycles. The van der Waals surface area contributed by atoms with Gasteiger partial charge in [-0.3, -0.25) is 4.79 Å². The van der Waals surface area contributed by atoms with Crippen LogP contribution in [-0.4, -0.2) is 99.5 Å². The molecule has 0 radical (unpaired) electrons. The van der Waals surface area contributed by atoms with Crippen LogP contribution in [0.25, 0.3) is 0 Å². The van der Waals surface area contributed by atoms with Crippen molar-refractivity contribution in [1.29, 1.82) is 0 Å². The molecule has 0 saturated carbocycles. The first-order chi connectivity index (χ1) is 15.4. The molecule has 0 bridgehead atoms. The van der Waals surface area contributed by atoms with E-state index >= 15 is 0 Å². The van der Waals surface area contributed by atoms with Crippen LogP contribution in [0.2, 0.25) is 0 Å². The van der Waals surface area contributed by atoms with E-state index in [1.165, 1.54) is 4.31 Å². The van der Waals surface area contributed by atoms with Gasteiger partial charge in [0.15, 0.2) is 0 Å². The molecule has 0 aromatic heterocycles. The lowest BCUT2D eigenvalue weighted by molar-refractivity contribution is -0.192. The molecule has 2 rings (SSSR count). The van der Waals surface area contributed by atoms with Gasteiger partial charge in [-0.2, -0.15) is 17.5 Å². The Kier molecular flexibility index (Phi) is 11.8. The molecular formula is C20H30F3N3O6S. The van der Waals surface area contributed by atoms with Gasteiger partial charge in [0, 0.05) is 58.5 Å². The van der Waals surface area contributed by atoms with Gasteiger partial charge < -0.3 is 20.1 Å². The van der Waals surface area contributed by atoms with Gasteiger partial charge in [-0.25, -0.2) is 13.2 Å². The molecule has 1 fully saturated rings. The summed E-state index contributed by atoms with van der Waals surface area (Å²) in [6.07, 6.45) is -4.41. The minimum absolute atomic E-state index is 0.0579. The average Bonchev–Trinajstić information content (AvgIpc) is 2.76. The van der Waals surface area contributed by atoms with Crippen LogP contribution >= 0.6 is 0 Å².